The number of ether oxygens (including phenoxy) is 1. The highest BCUT2D eigenvalue weighted by molar-refractivity contribution is 5.52. The zero-order chi connectivity index (χ0) is 13.9. The van der Waals surface area contributed by atoms with Crippen LogP contribution in [0, 0.1) is 5.92 Å². The number of piperidine rings is 2. The van der Waals surface area contributed by atoms with Gasteiger partial charge in [0.1, 0.15) is 0 Å². The molecule has 1 aromatic heterocycles. The second-order valence-electron chi connectivity index (χ2n) is 6.19. The number of fused-ring (bicyclic) bond motifs is 1. The van der Waals surface area contributed by atoms with E-state index in [2.05, 4.69) is 29.0 Å². The monoisotopic (exact) mass is 275 g/mol. The molecule has 0 saturated carbocycles. The van der Waals surface area contributed by atoms with Crippen molar-refractivity contribution in [2.24, 2.45) is 5.92 Å². The molecule has 0 bridgehead atoms. The predicted octanol–water partition coefficient (Wildman–Crippen LogP) is 2.45. The minimum atomic E-state index is 0.187. The quantitative estimate of drug-likeness (QED) is 0.919. The van der Waals surface area contributed by atoms with Gasteiger partial charge in [-0.05, 0) is 57.7 Å². The number of pyridine rings is 1. The number of hydrogen-bond donors (Lipinski definition) is 1. The van der Waals surface area contributed by atoms with Crippen LogP contribution < -0.4 is 15.0 Å². The molecule has 2 fully saturated rings. The summed E-state index contributed by atoms with van der Waals surface area (Å²) in [6.07, 6.45) is 5.90. The van der Waals surface area contributed by atoms with Gasteiger partial charge in [0.05, 0.1) is 6.10 Å². The Hall–Kier alpha value is -1.29. The molecule has 0 radical (unpaired) electrons. The first kappa shape index (κ1) is 13.7. The molecular weight excluding hydrogens is 250 g/mol. The van der Waals surface area contributed by atoms with Crippen LogP contribution >= 0.6 is 0 Å². The van der Waals surface area contributed by atoms with Crippen LogP contribution in [0.2, 0.25) is 0 Å². The van der Waals surface area contributed by atoms with Crippen molar-refractivity contribution in [3.8, 4) is 5.75 Å². The van der Waals surface area contributed by atoms with E-state index in [-0.39, 0.29) is 6.10 Å². The van der Waals surface area contributed by atoms with Gasteiger partial charge in [-0.15, -0.1) is 0 Å². The number of aromatic nitrogens is 1. The lowest BCUT2D eigenvalue weighted by molar-refractivity contribution is 0.231. The molecule has 0 aromatic carbocycles. The van der Waals surface area contributed by atoms with Crippen molar-refractivity contribution in [1.82, 2.24) is 10.3 Å². The number of hydrogen-bond acceptors (Lipinski definition) is 4. The first-order valence-corrected chi connectivity index (χ1v) is 7.84. The van der Waals surface area contributed by atoms with Gasteiger partial charge in [0.25, 0.3) is 0 Å². The van der Waals surface area contributed by atoms with E-state index in [1.807, 2.05) is 18.3 Å². The minimum absolute atomic E-state index is 0.187. The highest BCUT2D eigenvalue weighted by atomic mass is 16.5. The van der Waals surface area contributed by atoms with Gasteiger partial charge >= 0.3 is 0 Å². The summed E-state index contributed by atoms with van der Waals surface area (Å²) >= 11 is 0. The van der Waals surface area contributed by atoms with E-state index in [0.29, 0.717) is 6.04 Å². The molecule has 110 valence electrons. The third-order valence-electron chi connectivity index (χ3n) is 4.31. The Morgan fingerprint density at radius 2 is 2.30 bits per heavy atom. The fourth-order valence-electron chi connectivity index (χ4n) is 3.40. The van der Waals surface area contributed by atoms with Crippen LogP contribution in [0.15, 0.2) is 18.3 Å². The maximum atomic E-state index is 5.91. The molecule has 4 nitrogen and oxygen atoms in total. The largest absolute Gasteiger partial charge is 0.487 e. The van der Waals surface area contributed by atoms with Crippen LogP contribution in [-0.2, 0) is 0 Å². The Morgan fingerprint density at radius 1 is 1.40 bits per heavy atom. The van der Waals surface area contributed by atoms with Crippen molar-refractivity contribution >= 4 is 5.82 Å². The van der Waals surface area contributed by atoms with Crippen LogP contribution in [0.1, 0.15) is 33.1 Å². The van der Waals surface area contributed by atoms with Crippen molar-refractivity contribution in [3.05, 3.63) is 18.3 Å². The van der Waals surface area contributed by atoms with Crippen LogP contribution in [0.5, 0.6) is 5.75 Å². The average Bonchev–Trinajstić information content (AvgIpc) is 2.47. The van der Waals surface area contributed by atoms with Crippen LogP contribution in [0.25, 0.3) is 0 Å². The van der Waals surface area contributed by atoms with Gasteiger partial charge in [-0.25, -0.2) is 4.98 Å². The van der Waals surface area contributed by atoms with Gasteiger partial charge in [-0.1, -0.05) is 0 Å². The first-order chi connectivity index (χ1) is 9.74. The van der Waals surface area contributed by atoms with Crippen molar-refractivity contribution in [3.63, 3.8) is 0 Å². The van der Waals surface area contributed by atoms with Crippen molar-refractivity contribution in [2.75, 3.05) is 24.5 Å². The maximum absolute atomic E-state index is 5.91. The summed E-state index contributed by atoms with van der Waals surface area (Å²) in [6.45, 7) is 7.48. The molecule has 2 aliphatic rings. The summed E-state index contributed by atoms with van der Waals surface area (Å²) in [7, 11) is 0. The molecular formula is C16H25N3O. The molecule has 1 N–H and O–H groups in total. The molecule has 3 rings (SSSR count). The van der Waals surface area contributed by atoms with E-state index in [1.165, 1.54) is 25.8 Å². The lowest BCUT2D eigenvalue weighted by Crippen LogP contribution is -2.52. The zero-order valence-electron chi connectivity index (χ0n) is 12.5. The Bertz CT molecular complexity index is 449. The van der Waals surface area contributed by atoms with E-state index in [1.54, 1.807) is 0 Å². The van der Waals surface area contributed by atoms with Crippen molar-refractivity contribution in [1.29, 1.82) is 0 Å². The lowest BCUT2D eigenvalue weighted by atomic mass is 9.85. The molecule has 0 aliphatic carbocycles. The lowest BCUT2D eigenvalue weighted by Gasteiger charge is -2.42. The minimum Gasteiger partial charge on any atom is -0.487 e. The van der Waals surface area contributed by atoms with E-state index < -0.39 is 0 Å². The molecule has 0 amide bonds. The van der Waals surface area contributed by atoms with Gasteiger partial charge in [0, 0.05) is 25.3 Å². The Labute approximate surface area is 121 Å². The summed E-state index contributed by atoms with van der Waals surface area (Å²) in [5.41, 5.74) is 0. The highest BCUT2D eigenvalue weighted by Crippen LogP contribution is 2.32. The Balaban J connectivity index is 1.76. The Morgan fingerprint density at radius 3 is 3.15 bits per heavy atom. The SMILES string of the molecule is CC(C)Oc1cccnc1N1CCC2NCCCC2C1. The third kappa shape index (κ3) is 2.90. The second kappa shape index (κ2) is 6.00. The molecule has 2 atom stereocenters. The van der Waals surface area contributed by atoms with Crippen LogP contribution in [-0.4, -0.2) is 36.8 Å². The molecule has 2 saturated heterocycles. The maximum Gasteiger partial charge on any atom is 0.171 e. The van der Waals surface area contributed by atoms with Gasteiger partial charge in [0.2, 0.25) is 0 Å². The summed E-state index contributed by atoms with van der Waals surface area (Å²) in [6, 6.07) is 4.70. The second-order valence-corrected chi connectivity index (χ2v) is 6.19. The standard InChI is InChI=1S/C16H25N3O/c1-12(2)20-15-6-4-9-18-16(15)19-10-7-14-13(11-19)5-3-8-17-14/h4,6,9,12-14,17H,3,5,7-8,10-11H2,1-2H3. The fraction of sp³-hybridized carbons (Fsp3) is 0.688. The molecule has 4 heteroatoms. The van der Waals surface area contributed by atoms with E-state index >= 15 is 0 Å². The third-order valence-corrected chi connectivity index (χ3v) is 4.31. The van der Waals surface area contributed by atoms with Crippen molar-refractivity contribution < 1.29 is 4.74 Å². The molecule has 0 spiro atoms. The smallest absolute Gasteiger partial charge is 0.171 e. The number of anilines is 1. The normalized spacial score (nSPS) is 26.4. The molecule has 1 aromatic rings. The Kier molecular flexibility index (Phi) is 4.10. The zero-order valence-corrected chi connectivity index (χ0v) is 12.5. The summed E-state index contributed by atoms with van der Waals surface area (Å²) in [5, 5.41) is 3.66. The number of rotatable bonds is 3. The molecule has 2 aliphatic heterocycles. The highest BCUT2D eigenvalue weighted by Gasteiger charge is 2.32. The first-order valence-electron chi connectivity index (χ1n) is 7.84. The van der Waals surface area contributed by atoms with Gasteiger partial charge < -0.3 is 15.0 Å². The van der Waals surface area contributed by atoms with Crippen LogP contribution in [0.3, 0.4) is 0 Å². The molecule has 3 heterocycles. The number of nitrogens with one attached hydrogen (secondary N) is 1. The molecule has 20 heavy (non-hydrogen) atoms. The topological polar surface area (TPSA) is 37.4 Å². The van der Waals surface area contributed by atoms with Crippen molar-refractivity contribution in [2.45, 2.75) is 45.3 Å². The van der Waals surface area contributed by atoms with Gasteiger partial charge in [-0.2, -0.15) is 0 Å². The van der Waals surface area contributed by atoms with E-state index in [9.17, 15) is 0 Å². The number of nitrogens with zero attached hydrogens (tertiary/aromatic N) is 2. The van der Waals surface area contributed by atoms with E-state index in [4.69, 9.17) is 4.74 Å². The average molecular weight is 275 g/mol. The molecule has 2 unspecified atom stereocenters. The predicted molar refractivity (Wildman–Crippen MR) is 81.3 cm³/mol. The summed E-state index contributed by atoms with van der Waals surface area (Å²) in [5.74, 6) is 2.70. The van der Waals surface area contributed by atoms with Crippen LogP contribution in [0.4, 0.5) is 5.82 Å². The van der Waals surface area contributed by atoms with Gasteiger partial charge in [0.15, 0.2) is 11.6 Å². The van der Waals surface area contributed by atoms with Gasteiger partial charge in [-0.3, -0.25) is 0 Å². The van der Waals surface area contributed by atoms with E-state index in [0.717, 1.165) is 30.6 Å². The summed E-state index contributed by atoms with van der Waals surface area (Å²) < 4.78 is 5.91. The fourth-order valence-corrected chi connectivity index (χ4v) is 3.40. The summed E-state index contributed by atoms with van der Waals surface area (Å²) in [4.78, 5) is 6.98.